The molecule has 0 bridgehead atoms. The maximum absolute atomic E-state index is 12.6. The zero-order chi connectivity index (χ0) is 17.1. The lowest BCUT2D eigenvalue weighted by molar-refractivity contribution is 0.430. The van der Waals surface area contributed by atoms with E-state index in [4.69, 9.17) is 44.1 Å². The molecule has 0 radical (unpaired) electrons. The molecule has 2 rings (SSSR count). The van der Waals surface area contributed by atoms with Gasteiger partial charge in [-0.15, -0.1) is 0 Å². The van der Waals surface area contributed by atoms with Crippen molar-refractivity contribution in [2.45, 2.75) is 4.90 Å². The highest BCUT2D eigenvalue weighted by Gasteiger charge is 2.17. The maximum atomic E-state index is 12.6. The van der Waals surface area contributed by atoms with Gasteiger partial charge in [-0.3, -0.25) is 0 Å². The van der Waals surface area contributed by atoms with Gasteiger partial charge in [0.2, 0.25) is 0 Å². The Bertz CT molecular complexity index is 797. The molecule has 0 aromatic heterocycles. The van der Waals surface area contributed by atoms with Gasteiger partial charge in [0.1, 0.15) is 4.90 Å². The van der Waals surface area contributed by atoms with Crippen LogP contribution in [0.4, 0.5) is 8.78 Å². The summed E-state index contributed by atoms with van der Waals surface area (Å²) in [7, 11) is 0.883. The highest BCUT2D eigenvalue weighted by atomic mass is 35.7. The van der Waals surface area contributed by atoms with Gasteiger partial charge in [-0.1, -0.05) is 23.2 Å². The van der Waals surface area contributed by atoms with E-state index in [2.05, 4.69) is 0 Å². The molecule has 0 fully saturated rings. The average molecular weight is 392 g/mol. The molecule has 0 saturated carbocycles. The summed E-state index contributed by atoms with van der Waals surface area (Å²) in [5.74, 6) is -2.89. The summed E-state index contributed by atoms with van der Waals surface area (Å²) < 4.78 is 46.3. The Hall–Kier alpha value is -1.28. The van der Waals surface area contributed by atoms with Crippen LogP contribution >= 0.6 is 33.9 Å². The van der Waals surface area contributed by atoms with Gasteiger partial charge < -0.3 is 10.2 Å². The Balaban J connectivity index is 0.000000235. The number of phenols is 2. The molecule has 0 unspecified atom stereocenters. The minimum Gasteiger partial charge on any atom is -0.505 e. The summed E-state index contributed by atoms with van der Waals surface area (Å²) in [6, 6.07) is 5.00. The van der Waals surface area contributed by atoms with Crippen LogP contribution in [0.3, 0.4) is 0 Å². The molecule has 120 valence electrons. The molecule has 0 aliphatic carbocycles. The van der Waals surface area contributed by atoms with Crippen LogP contribution in [0.15, 0.2) is 35.2 Å². The SMILES string of the molecule is O=S(=O)(Cl)c1cc(O)c(F)cc1Cl.Oc1ccc(Cl)cc1F. The van der Waals surface area contributed by atoms with Gasteiger partial charge in [0.15, 0.2) is 23.1 Å². The summed E-state index contributed by atoms with van der Waals surface area (Å²) in [5.41, 5.74) is 0. The fourth-order valence-electron chi connectivity index (χ4n) is 1.19. The van der Waals surface area contributed by atoms with Crippen molar-refractivity contribution in [3.05, 3.63) is 52.0 Å². The first kappa shape index (κ1) is 18.8. The predicted octanol–water partition coefficient (Wildman–Crippen LogP) is 4.30. The fraction of sp³-hybridized carbons (Fsp3) is 0. The number of hydrogen-bond acceptors (Lipinski definition) is 4. The van der Waals surface area contributed by atoms with Gasteiger partial charge in [-0.25, -0.2) is 17.2 Å². The second-order valence-electron chi connectivity index (χ2n) is 3.77. The van der Waals surface area contributed by atoms with E-state index in [1.807, 2.05) is 0 Å². The lowest BCUT2D eigenvalue weighted by Gasteiger charge is -2.01. The minimum absolute atomic E-state index is 0.283. The zero-order valence-corrected chi connectivity index (χ0v) is 13.5. The number of phenolic OH excluding ortho intramolecular Hbond substituents is 2. The van der Waals surface area contributed by atoms with Crippen molar-refractivity contribution < 1.29 is 27.4 Å². The van der Waals surface area contributed by atoms with Gasteiger partial charge in [-0.05, 0) is 24.3 Å². The summed E-state index contributed by atoms with van der Waals surface area (Å²) in [4.78, 5) is -0.519. The lowest BCUT2D eigenvalue weighted by Crippen LogP contribution is -1.92. The maximum Gasteiger partial charge on any atom is 0.262 e. The summed E-state index contributed by atoms with van der Waals surface area (Å²) in [5, 5.41) is 17.4. The Kier molecular flexibility index (Phi) is 6.25. The molecule has 0 atom stereocenters. The Morgan fingerprint density at radius 2 is 1.45 bits per heavy atom. The Morgan fingerprint density at radius 1 is 0.909 bits per heavy atom. The van der Waals surface area contributed by atoms with Crippen molar-refractivity contribution in [2.75, 3.05) is 0 Å². The van der Waals surface area contributed by atoms with Crippen molar-refractivity contribution in [1.82, 2.24) is 0 Å². The first-order valence-corrected chi connectivity index (χ1v) is 8.35. The molecule has 0 heterocycles. The monoisotopic (exact) mass is 390 g/mol. The van der Waals surface area contributed by atoms with Crippen molar-refractivity contribution in [3.8, 4) is 11.5 Å². The van der Waals surface area contributed by atoms with E-state index in [1.54, 1.807) is 0 Å². The normalized spacial score (nSPS) is 10.8. The van der Waals surface area contributed by atoms with Crippen LogP contribution in [0, 0.1) is 11.6 Å². The number of rotatable bonds is 1. The first-order valence-electron chi connectivity index (χ1n) is 5.29. The van der Waals surface area contributed by atoms with Gasteiger partial charge in [0.05, 0.1) is 5.02 Å². The highest BCUT2D eigenvalue weighted by molar-refractivity contribution is 8.13. The van der Waals surface area contributed by atoms with E-state index >= 15 is 0 Å². The lowest BCUT2D eigenvalue weighted by atomic mass is 10.3. The van der Waals surface area contributed by atoms with Gasteiger partial charge in [-0.2, -0.15) is 0 Å². The van der Waals surface area contributed by atoms with Crippen LogP contribution in [0.1, 0.15) is 0 Å². The molecular weight excluding hydrogens is 385 g/mol. The third kappa shape index (κ3) is 5.17. The third-order valence-corrected chi connectivity index (χ3v) is 4.20. The molecule has 0 amide bonds. The van der Waals surface area contributed by atoms with Crippen LogP contribution in [-0.4, -0.2) is 18.6 Å². The molecule has 4 nitrogen and oxygen atoms in total. The van der Waals surface area contributed by atoms with E-state index in [0.29, 0.717) is 12.1 Å². The van der Waals surface area contributed by atoms with E-state index in [-0.39, 0.29) is 15.8 Å². The summed E-state index contributed by atoms with van der Waals surface area (Å²) in [6.45, 7) is 0. The Morgan fingerprint density at radius 3 is 1.91 bits per heavy atom. The van der Waals surface area contributed by atoms with Crippen molar-refractivity contribution in [2.24, 2.45) is 0 Å². The van der Waals surface area contributed by atoms with Gasteiger partial charge >= 0.3 is 0 Å². The van der Waals surface area contributed by atoms with Gasteiger partial charge in [0, 0.05) is 21.8 Å². The molecule has 2 N–H and O–H groups in total. The van der Waals surface area contributed by atoms with Crippen LogP contribution in [0.5, 0.6) is 11.5 Å². The molecule has 2 aromatic carbocycles. The van der Waals surface area contributed by atoms with Gasteiger partial charge in [0.25, 0.3) is 9.05 Å². The molecule has 10 heteroatoms. The first-order chi connectivity index (χ1) is 10.0. The second-order valence-corrected chi connectivity index (χ2v) is 7.15. The zero-order valence-electron chi connectivity index (χ0n) is 10.4. The smallest absolute Gasteiger partial charge is 0.262 e. The van der Waals surface area contributed by atoms with Crippen molar-refractivity contribution in [1.29, 1.82) is 0 Å². The summed E-state index contributed by atoms with van der Waals surface area (Å²) >= 11 is 10.7. The molecule has 0 spiro atoms. The van der Waals surface area contributed by atoms with Crippen molar-refractivity contribution in [3.63, 3.8) is 0 Å². The molecular formula is C12H7Cl3F2O4S. The largest absolute Gasteiger partial charge is 0.505 e. The van der Waals surface area contributed by atoms with E-state index < -0.39 is 31.3 Å². The van der Waals surface area contributed by atoms with Crippen LogP contribution in [-0.2, 0) is 9.05 Å². The number of aromatic hydroxyl groups is 2. The van der Waals surface area contributed by atoms with Crippen LogP contribution in [0.25, 0.3) is 0 Å². The second kappa shape index (κ2) is 7.32. The summed E-state index contributed by atoms with van der Waals surface area (Å²) in [6.07, 6.45) is 0. The van der Waals surface area contributed by atoms with Crippen LogP contribution in [0.2, 0.25) is 10.0 Å². The number of halogens is 5. The molecule has 0 aliphatic rings. The molecule has 2 aromatic rings. The number of benzene rings is 2. The van der Waals surface area contributed by atoms with Crippen LogP contribution < -0.4 is 0 Å². The number of hydrogen-bond donors (Lipinski definition) is 2. The van der Waals surface area contributed by atoms with E-state index in [1.165, 1.54) is 12.1 Å². The predicted molar refractivity (Wildman–Crippen MR) is 79.2 cm³/mol. The molecule has 0 saturated heterocycles. The topological polar surface area (TPSA) is 74.6 Å². The molecule has 22 heavy (non-hydrogen) atoms. The Labute approximate surface area is 138 Å². The standard InChI is InChI=1S/C6H3Cl2FO3S.C6H4ClFO/c7-3-1-4(9)5(10)2-6(3)13(8,11)12;7-4-1-2-6(9)5(8)3-4/h1-2,10H;1-3,9H. The van der Waals surface area contributed by atoms with E-state index in [9.17, 15) is 17.2 Å². The minimum atomic E-state index is -4.06. The highest BCUT2D eigenvalue weighted by Crippen LogP contribution is 2.30. The quantitative estimate of drug-likeness (QED) is 0.711. The average Bonchev–Trinajstić information content (AvgIpc) is 2.38. The van der Waals surface area contributed by atoms with Crippen molar-refractivity contribution >= 4 is 42.9 Å². The fourth-order valence-corrected chi connectivity index (χ4v) is 2.85. The van der Waals surface area contributed by atoms with E-state index in [0.717, 1.165) is 6.07 Å². The third-order valence-electron chi connectivity index (χ3n) is 2.17. The molecule has 0 aliphatic heterocycles.